The van der Waals surface area contributed by atoms with Gasteiger partial charge in [-0.05, 0) is 74.0 Å². The molecular formula is C44H30N2. The number of hydrogen-bond donors (Lipinski definition) is 1. The van der Waals surface area contributed by atoms with E-state index in [4.69, 9.17) is 4.98 Å². The number of fused-ring (bicyclic) bond motifs is 6. The summed E-state index contributed by atoms with van der Waals surface area (Å²) in [5.74, 6) is 0. The minimum Gasteiger partial charge on any atom is -0.374 e. The molecule has 2 aliphatic rings. The molecule has 216 valence electrons. The molecule has 1 unspecified atom stereocenters. The molecule has 0 saturated carbocycles. The molecule has 1 aromatic heterocycles. The van der Waals surface area contributed by atoms with Crippen LogP contribution in [0.3, 0.4) is 0 Å². The molecule has 7 aromatic rings. The molecule has 2 heterocycles. The van der Waals surface area contributed by atoms with Crippen LogP contribution >= 0.6 is 0 Å². The lowest BCUT2D eigenvalue weighted by Crippen LogP contribution is -2.15. The van der Waals surface area contributed by atoms with Crippen molar-refractivity contribution in [1.29, 1.82) is 0 Å². The summed E-state index contributed by atoms with van der Waals surface area (Å²) in [6, 6.07) is 50.1. The number of anilines is 1. The number of benzene rings is 6. The Morgan fingerprint density at radius 1 is 0.587 bits per heavy atom. The summed E-state index contributed by atoms with van der Waals surface area (Å²) >= 11 is 0. The van der Waals surface area contributed by atoms with Gasteiger partial charge >= 0.3 is 0 Å². The molecular weight excluding hydrogens is 556 g/mol. The Hall–Kier alpha value is -5.99. The van der Waals surface area contributed by atoms with Gasteiger partial charge in [0.15, 0.2) is 0 Å². The van der Waals surface area contributed by atoms with Crippen molar-refractivity contribution < 1.29 is 0 Å². The largest absolute Gasteiger partial charge is 0.374 e. The zero-order valence-electron chi connectivity index (χ0n) is 25.2. The Kier molecular flexibility index (Phi) is 6.07. The average Bonchev–Trinajstić information content (AvgIpc) is 3.52. The van der Waals surface area contributed by atoms with E-state index in [1.807, 2.05) is 0 Å². The Morgan fingerprint density at radius 3 is 2.15 bits per heavy atom. The number of nitrogens with one attached hydrogen (secondary N) is 1. The van der Waals surface area contributed by atoms with Crippen LogP contribution < -0.4 is 5.32 Å². The standard InChI is InChI=1S/C44H30N2/c1-28-19-20-31-21-22-32-23-24-39(46-44(32)42(28)31)34-16-10-15-33(25-34)37-26-41-43(36-18-9-8-17-35(36)37)38(29-11-4-2-5-12-29)27-40(45-41)30-13-6-3-7-14-30/h2-27,40,45H,1H2. The van der Waals surface area contributed by atoms with Gasteiger partial charge in [0.25, 0.3) is 0 Å². The zero-order valence-corrected chi connectivity index (χ0v) is 25.2. The molecule has 0 fully saturated rings. The van der Waals surface area contributed by atoms with Crippen molar-refractivity contribution in [3.63, 3.8) is 0 Å². The van der Waals surface area contributed by atoms with Crippen LogP contribution in [0.4, 0.5) is 5.69 Å². The van der Waals surface area contributed by atoms with E-state index in [0.717, 1.165) is 44.5 Å². The molecule has 1 atom stereocenters. The van der Waals surface area contributed by atoms with E-state index in [9.17, 15) is 0 Å². The summed E-state index contributed by atoms with van der Waals surface area (Å²) in [5.41, 5.74) is 14.9. The van der Waals surface area contributed by atoms with E-state index in [2.05, 4.69) is 170 Å². The maximum atomic E-state index is 5.20. The van der Waals surface area contributed by atoms with Crippen molar-refractivity contribution >= 4 is 44.6 Å². The molecule has 2 nitrogen and oxygen atoms in total. The highest BCUT2D eigenvalue weighted by Crippen LogP contribution is 2.46. The quantitative estimate of drug-likeness (QED) is 0.222. The van der Waals surface area contributed by atoms with Crippen LogP contribution in [0.25, 0.3) is 61.3 Å². The molecule has 1 aliphatic heterocycles. The maximum Gasteiger partial charge on any atom is 0.0793 e. The highest BCUT2D eigenvalue weighted by atomic mass is 14.9. The lowest BCUT2D eigenvalue weighted by atomic mass is 9.84. The lowest BCUT2D eigenvalue weighted by molar-refractivity contribution is 0.975. The van der Waals surface area contributed by atoms with Gasteiger partial charge in [0.1, 0.15) is 0 Å². The number of aromatic nitrogens is 1. The third-order valence-corrected chi connectivity index (χ3v) is 9.35. The van der Waals surface area contributed by atoms with E-state index in [0.29, 0.717) is 0 Å². The molecule has 0 radical (unpaired) electrons. The second-order valence-corrected chi connectivity index (χ2v) is 12.1. The summed E-state index contributed by atoms with van der Waals surface area (Å²) in [6.07, 6.45) is 6.59. The predicted octanol–water partition coefficient (Wildman–Crippen LogP) is 11.4. The predicted molar refractivity (Wildman–Crippen MR) is 195 cm³/mol. The summed E-state index contributed by atoms with van der Waals surface area (Å²) in [6.45, 7) is 4.28. The molecule has 2 heteroatoms. The minimum absolute atomic E-state index is 0.0528. The van der Waals surface area contributed by atoms with Gasteiger partial charge in [-0.2, -0.15) is 0 Å². The SMILES string of the molecule is C=C1C=Cc2ccc3ccc(-c4cccc(-c5cc6c(c7ccccc57)C(c5ccccc5)=CC(c5ccccc5)N6)c4)nc3c21. The van der Waals surface area contributed by atoms with Gasteiger partial charge in [0.2, 0.25) is 0 Å². The molecule has 0 amide bonds. The van der Waals surface area contributed by atoms with Crippen molar-refractivity contribution in [3.8, 4) is 22.4 Å². The van der Waals surface area contributed by atoms with Gasteiger partial charge in [-0.3, -0.25) is 0 Å². The van der Waals surface area contributed by atoms with E-state index < -0.39 is 0 Å². The van der Waals surface area contributed by atoms with Crippen LogP contribution in [-0.4, -0.2) is 4.98 Å². The maximum absolute atomic E-state index is 5.20. The van der Waals surface area contributed by atoms with Crippen molar-refractivity contribution in [1.82, 2.24) is 4.98 Å². The smallest absolute Gasteiger partial charge is 0.0793 e. The summed E-state index contributed by atoms with van der Waals surface area (Å²) in [4.78, 5) is 5.20. The fraction of sp³-hybridized carbons (Fsp3) is 0.0227. The van der Waals surface area contributed by atoms with Gasteiger partial charge in [0.05, 0.1) is 17.3 Å². The van der Waals surface area contributed by atoms with Crippen LogP contribution in [0.15, 0.2) is 158 Å². The highest BCUT2D eigenvalue weighted by molar-refractivity contribution is 6.10. The van der Waals surface area contributed by atoms with E-state index in [1.165, 1.54) is 44.2 Å². The van der Waals surface area contributed by atoms with Gasteiger partial charge < -0.3 is 5.32 Å². The fourth-order valence-electron chi connectivity index (χ4n) is 7.14. The highest BCUT2D eigenvalue weighted by Gasteiger charge is 2.25. The summed E-state index contributed by atoms with van der Waals surface area (Å²) < 4.78 is 0. The first-order chi connectivity index (χ1) is 22.7. The lowest BCUT2D eigenvalue weighted by Gasteiger charge is -2.29. The number of pyridine rings is 1. The summed E-state index contributed by atoms with van der Waals surface area (Å²) in [5, 5.41) is 7.50. The van der Waals surface area contributed by atoms with Crippen LogP contribution in [0, 0.1) is 0 Å². The Bertz CT molecular complexity index is 2400. The Balaban J connectivity index is 1.22. The van der Waals surface area contributed by atoms with Crippen LogP contribution in [0.5, 0.6) is 0 Å². The monoisotopic (exact) mass is 586 g/mol. The van der Waals surface area contributed by atoms with Crippen LogP contribution in [0.2, 0.25) is 0 Å². The Morgan fingerprint density at radius 2 is 1.30 bits per heavy atom. The van der Waals surface area contributed by atoms with Gasteiger partial charge in [0, 0.05) is 27.8 Å². The molecule has 6 aromatic carbocycles. The van der Waals surface area contributed by atoms with Crippen molar-refractivity contribution in [2.24, 2.45) is 0 Å². The first-order valence-electron chi connectivity index (χ1n) is 15.8. The number of hydrogen-bond acceptors (Lipinski definition) is 2. The first kappa shape index (κ1) is 26.4. The van der Waals surface area contributed by atoms with Crippen molar-refractivity contribution in [2.75, 3.05) is 5.32 Å². The van der Waals surface area contributed by atoms with Gasteiger partial charge in [-0.25, -0.2) is 4.98 Å². The second kappa shape index (κ2) is 10.6. The van der Waals surface area contributed by atoms with Crippen molar-refractivity contribution in [2.45, 2.75) is 6.04 Å². The van der Waals surface area contributed by atoms with Crippen molar-refractivity contribution in [3.05, 3.63) is 186 Å². The molecule has 9 rings (SSSR count). The number of allylic oxidation sites excluding steroid dienone is 2. The first-order valence-corrected chi connectivity index (χ1v) is 15.8. The normalized spacial score (nSPS) is 15.0. The summed E-state index contributed by atoms with van der Waals surface area (Å²) in [7, 11) is 0. The molecule has 0 spiro atoms. The fourth-order valence-corrected chi connectivity index (χ4v) is 7.14. The van der Waals surface area contributed by atoms with E-state index >= 15 is 0 Å². The molecule has 0 saturated heterocycles. The molecule has 46 heavy (non-hydrogen) atoms. The minimum atomic E-state index is 0.0528. The number of rotatable bonds is 4. The van der Waals surface area contributed by atoms with Crippen LogP contribution in [0.1, 0.15) is 33.9 Å². The molecule has 1 aliphatic carbocycles. The third-order valence-electron chi connectivity index (χ3n) is 9.35. The van der Waals surface area contributed by atoms with E-state index in [-0.39, 0.29) is 6.04 Å². The van der Waals surface area contributed by atoms with Crippen LogP contribution in [-0.2, 0) is 0 Å². The zero-order chi connectivity index (χ0) is 30.6. The Labute approximate surface area is 268 Å². The van der Waals surface area contributed by atoms with Gasteiger partial charge in [-0.15, -0.1) is 0 Å². The van der Waals surface area contributed by atoms with Gasteiger partial charge in [-0.1, -0.05) is 140 Å². The van der Waals surface area contributed by atoms with E-state index in [1.54, 1.807) is 0 Å². The molecule has 0 bridgehead atoms. The third kappa shape index (κ3) is 4.30. The topological polar surface area (TPSA) is 24.9 Å². The molecule has 1 N–H and O–H groups in total. The second-order valence-electron chi connectivity index (χ2n) is 12.1. The average molecular weight is 587 g/mol. The number of nitrogens with zero attached hydrogens (tertiary/aromatic N) is 1.